The summed E-state index contributed by atoms with van der Waals surface area (Å²) < 4.78 is 18.2. The van der Waals surface area contributed by atoms with E-state index in [0.29, 0.717) is 49.1 Å². The molecule has 5 rings (SSSR count). The van der Waals surface area contributed by atoms with Crippen molar-refractivity contribution in [3.8, 4) is 17.2 Å². The third-order valence-electron chi connectivity index (χ3n) is 7.42. The van der Waals surface area contributed by atoms with Gasteiger partial charge in [-0.15, -0.1) is 0 Å². The number of ether oxygens (including phenoxy) is 3. The average Bonchev–Trinajstić information content (AvgIpc) is 2.96. The van der Waals surface area contributed by atoms with Crippen molar-refractivity contribution in [1.82, 2.24) is 20.1 Å². The second kappa shape index (κ2) is 13.1. The zero-order valence-electron chi connectivity index (χ0n) is 24.0. The molecule has 1 saturated heterocycles. The van der Waals surface area contributed by atoms with Crippen LogP contribution in [0.3, 0.4) is 0 Å². The Hall–Kier alpha value is -3.95. The summed E-state index contributed by atoms with van der Waals surface area (Å²) in [5.74, 6) is 1.11. The van der Waals surface area contributed by atoms with Crippen molar-refractivity contribution < 1.29 is 23.8 Å². The van der Waals surface area contributed by atoms with Gasteiger partial charge in [0, 0.05) is 44.5 Å². The van der Waals surface area contributed by atoms with Gasteiger partial charge in [-0.25, -0.2) is 0 Å². The lowest BCUT2D eigenvalue weighted by atomic mass is 10.0. The van der Waals surface area contributed by atoms with Crippen molar-refractivity contribution in [2.45, 2.75) is 52.0 Å². The zero-order chi connectivity index (χ0) is 28.8. The number of rotatable bonds is 5. The van der Waals surface area contributed by atoms with Crippen LogP contribution in [0.4, 0.5) is 0 Å². The van der Waals surface area contributed by atoms with Crippen LogP contribution in [-0.2, 0) is 29.1 Å². The summed E-state index contributed by atoms with van der Waals surface area (Å²) in [5.41, 5.74) is 3.55. The fourth-order valence-electron chi connectivity index (χ4n) is 5.27. The minimum absolute atomic E-state index is 0.0871. The topological polar surface area (TPSA) is 93.2 Å². The number of likely N-dealkylation sites (N-methyl/N-ethyl adjacent to an activating group) is 1. The highest BCUT2D eigenvalue weighted by Gasteiger charge is 2.32. The molecule has 2 atom stereocenters. The third-order valence-corrected chi connectivity index (χ3v) is 7.42. The van der Waals surface area contributed by atoms with E-state index < -0.39 is 0 Å². The molecule has 0 aliphatic carbocycles. The molecule has 4 bridgehead atoms. The number of nitrogens with one attached hydrogen (secondary N) is 1. The molecule has 1 N–H and O–H groups in total. The van der Waals surface area contributed by atoms with Crippen LogP contribution in [0.1, 0.15) is 47.4 Å². The first-order valence-electron chi connectivity index (χ1n) is 14.3. The molecule has 216 valence electrons. The molecule has 3 heterocycles. The van der Waals surface area contributed by atoms with Gasteiger partial charge in [0.05, 0.1) is 37.6 Å². The Morgan fingerprint density at radius 2 is 1.95 bits per heavy atom. The number of piperidine rings is 1. The average molecular weight is 559 g/mol. The number of amides is 2. The molecule has 1 fully saturated rings. The second-order valence-electron chi connectivity index (χ2n) is 10.6. The van der Waals surface area contributed by atoms with E-state index >= 15 is 0 Å². The number of pyridine rings is 1. The monoisotopic (exact) mass is 558 g/mol. The normalized spacial score (nSPS) is 20.1. The summed E-state index contributed by atoms with van der Waals surface area (Å²) in [7, 11) is 1.62. The van der Waals surface area contributed by atoms with Gasteiger partial charge in [0.2, 0.25) is 5.91 Å². The molecule has 9 heteroatoms. The quantitative estimate of drug-likeness (QED) is 0.502. The number of carbonyl (C=O) groups excluding carboxylic acids is 2. The fraction of sp³-hybridized carbons (Fsp3) is 0.406. The minimum Gasteiger partial charge on any atom is -0.494 e. The van der Waals surface area contributed by atoms with E-state index in [-0.39, 0.29) is 30.5 Å². The number of likely N-dealkylation sites (tertiary alicyclic amines) is 1. The van der Waals surface area contributed by atoms with Gasteiger partial charge in [0.1, 0.15) is 17.2 Å². The van der Waals surface area contributed by atoms with E-state index in [4.69, 9.17) is 14.2 Å². The Morgan fingerprint density at radius 1 is 1.07 bits per heavy atom. The minimum atomic E-state index is -0.299. The molecule has 2 amide bonds. The van der Waals surface area contributed by atoms with E-state index in [9.17, 15) is 9.59 Å². The molecule has 3 aromatic rings. The molecule has 0 radical (unpaired) electrons. The number of hydrogen-bond donors (Lipinski definition) is 1. The van der Waals surface area contributed by atoms with Crippen molar-refractivity contribution in [3.05, 3.63) is 83.2 Å². The van der Waals surface area contributed by atoms with Crippen LogP contribution in [0, 0.1) is 0 Å². The first kappa shape index (κ1) is 28.6. The van der Waals surface area contributed by atoms with Crippen LogP contribution in [-0.4, -0.2) is 72.0 Å². The number of nitrogens with zero attached hydrogens (tertiary/aromatic N) is 3. The predicted octanol–water partition coefficient (Wildman–Crippen LogP) is 4.20. The van der Waals surface area contributed by atoms with E-state index in [1.54, 1.807) is 25.2 Å². The summed E-state index contributed by atoms with van der Waals surface area (Å²) in [5, 5.41) is 3.16. The van der Waals surface area contributed by atoms with Gasteiger partial charge in [-0.2, -0.15) is 0 Å². The standard InChI is InChI=1S/C32H38N4O5/c1-4-22-9-10-25(33-17-22)18-36-12-11-30-29(19-36)34-31(37)20-35(3)32(38)24-14-27(39-5-2)16-28(15-24)41-26-8-6-7-23(13-26)21-40-30/h6-10,13-17,29-30H,4-5,11-12,18-21H2,1-3H3,(H,34,37)/t29-,30+/m0/s1. The third kappa shape index (κ3) is 7.42. The van der Waals surface area contributed by atoms with Crippen molar-refractivity contribution in [2.75, 3.05) is 33.3 Å². The van der Waals surface area contributed by atoms with Gasteiger partial charge in [-0.05, 0) is 61.2 Å². The Morgan fingerprint density at radius 3 is 2.73 bits per heavy atom. The van der Waals surface area contributed by atoms with Crippen molar-refractivity contribution in [1.29, 1.82) is 0 Å². The summed E-state index contributed by atoms with van der Waals surface area (Å²) in [6.45, 7) is 6.88. The van der Waals surface area contributed by atoms with Crippen LogP contribution < -0.4 is 14.8 Å². The highest BCUT2D eigenvalue weighted by Crippen LogP contribution is 2.29. The maximum Gasteiger partial charge on any atom is 0.254 e. The number of aromatic nitrogens is 1. The van der Waals surface area contributed by atoms with Gasteiger partial charge in [0.15, 0.2) is 0 Å². The van der Waals surface area contributed by atoms with Crippen LogP contribution in [0.2, 0.25) is 0 Å². The summed E-state index contributed by atoms with van der Waals surface area (Å²) in [4.78, 5) is 34.9. The Balaban J connectivity index is 1.38. The largest absolute Gasteiger partial charge is 0.494 e. The Kier molecular flexibility index (Phi) is 9.16. The first-order valence-corrected chi connectivity index (χ1v) is 14.3. The molecular weight excluding hydrogens is 520 g/mol. The molecule has 2 aromatic carbocycles. The summed E-state index contributed by atoms with van der Waals surface area (Å²) in [6.07, 6.45) is 3.46. The Labute approximate surface area is 241 Å². The van der Waals surface area contributed by atoms with Crippen molar-refractivity contribution >= 4 is 11.8 Å². The molecule has 1 aromatic heterocycles. The van der Waals surface area contributed by atoms with Crippen LogP contribution >= 0.6 is 0 Å². The molecule has 0 saturated carbocycles. The smallest absolute Gasteiger partial charge is 0.254 e. The highest BCUT2D eigenvalue weighted by molar-refractivity contribution is 5.97. The molecule has 41 heavy (non-hydrogen) atoms. The predicted molar refractivity (Wildman–Crippen MR) is 155 cm³/mol. The number of benzene rings is 2. The first-order chi connectivity index (χ1) is 19.9. The van der Waals surface area contributed by atoms with Crippen LogP contribution in [0.5, 0.6) is 17.2 Å². The molecular formula is C32H38N4O5. The van der Waals surface area contributed by atoms with E-state index in [0.717, 1.165) is 30.6 Å². The molecule has 0 unspecified atom stereocenters. The van der Waals surface area contributed by atoms with Gasteiger partial charge in [0.25, 0.3) is 5.91 Å². The molecule has 2 aliphatic heterocycles. The number of carbonyl (C=O) groups is 2. The van der Waals surface area contributed by atoms with Crippen LogP contribution in [0.25, 0.3) is 0 Å². The molecule has 0 spiro atoms. The van der Waals surface area contributed by atoms with Gasteiger partial charge in [-0.3, -0.25) is 19.5 Å². The van der Waals surface area contributed by atoms with Crippen molar-refractivity contribution in [3.63, 3.8) is 0 Å². The van der Waals surface area contributed by atoms with Crippen molar-refractivity contribution in [2.24, 2.45) is 0 Å². The second-order valence-corrected chi connectivity index (χ2v) is 10.6. The number of fused-ring (bicyclic) bond motifs is 5. The zero-order valence-corrected chi connectivity index (χ0v) is 24.0. The number of aryl methyl sites for hydroxylation is 1. The maximum absolute atomic E-state index is 13.4. The SMILES string of the molecule is CCOc1cc2cc(c1)C(=O)N(C)CC(=O)N[C@H]1CN(Cc3ccc(CC)cn3)CC[C@H]1OCc1cccc(c1)O2. The van der Waals surface area contributed by atoms with E-state index in [1.165, 1.54) is 10.5 Å². The van der Waals surface area contributed by atoms with Gasteiger partial charge < -0.3 is 24.4 Å². The van der Waals surface area contributed by atoms with E-state index in [2.05, 4.69) is 34.3 Å². The van der Waals surface area contributed by atoms with Crippen LogP contribution in [0.15, 0.2) is 60.8 Å². The lowest BCUT2D eigenvalue weighted by Gasteiger charge is -2.39. The summed E-state index contributed by atoms with van der Waals surface area (Å²) in [6, 6.07) is 16.8. The van der Waals surface area contributed by atoms with E-state index in [1.807, 2.05) is 37.4 Å². The summed E-state index contributed by atoms with van der Waals surface area (Å²) >= 11 is 0. The van der Waals surface area contributed by atoms with Gasteiger partial charge in [-0.1, -0.05) is 25.1 Å². The lowest BCUT2D eigenvalue weighted by molar-refractivity contribution is -0.125. The number of hydrogen-bond acceptors (Lipinski definition) is 7. The molecule has 2 aliphatic rings. The van der Waals surface area contributed by atoms with Gasteiger partial charge >= 0.3 is 0 Å². The molecule has 9 nitrogen and oxygen atoms in total. The lowest BCUT2D eigenvalue weighted by Crippen LogP contribution is -2.57. The highest BCUT2D eigenvalue weighted by atomic mass is 16.5. The Bertz CT molecular complexity index is 1360. The fourth-order valence-corrected chi connectivity index (χ4v) is 5.27. The maximum atomic E-state index is 13.4.